The van der Waals surface area contributed by atoms with E-state index >= 15 is 0 Å². The maximum Gasteiger partial charge on any atom is 0.490 e. The number of thioether (sulfide) groups is 1. The fourth-order valence-corrected chi connectivity index (χ4v) is 4.66. The van der Waals surface area contributed by atoms with Crippen molar-refractivity contribution < 1.29 is 47.3 Å². The number of hydrogen-bond donors (Lipinski definition) is 4. The van der Waals surface area contributed by atoms with Gasteiger partial charge in [0.05, 0.1) is 13.0 Å². The van der Waals surface area contributed by atoms with Crippen molar-refractivity contribution in [3.05, 3.63) is 28.2 Å². The third-order valence-corrected chi connectivity index (χ3v) is 7.37. The largest absolute Gasteiger partial charge is 0.490 e. The molecule has 0 unspecified atom stereocenters. The zero-order valence-electron chi connectivity index (χ0n) is 21.7. The van der Waals surface area contributed by atoms with Gasteiger partial charge in [0, 0.05) is 17.0 Å². The minimum atomic E-state index is -5.08. The van der Waals surface area contributed by atoms with E-state index in [9.17, 15) is 32.7 Å². The van der Waals surface area contributed by atoms with E-state index in [4.69, 9.17) is 32.0 Å². The number of allylic oxidation sites excluding steroid dienone is 1. The minimum Gasteiger partial charge on any atom is -0.479 e. The lowest BCUT2D eigenvalue weighted by atomic mass is 10.1. The summed E-state index contributed by atoms with van der Waals surface area (Å²) >= 11 is 8.37. The van der Waals surface area contributed by atoms with Gasteiger partial charge in [-0.3, -0.25) is 14.6 Å². The number of nitrogens with zero attached hydrogens (tertiary/aromatic N) is 2. The standard InChI is InChI=1S/C21H29ClN4O5S2.C2HF3O2/c1-12(2)17(23)19(28)31-13(6-4-5-7-22)8-15(27)24-9-16-25-14(10-32-16)18-26-21(3,11-33-18)20(29)30;3-2(4,5)1(6)7/h4,6,10,12-13,17H,5,7-9,11,23H2,1-3H3,(H,24,27)(H,29,30);(H,6,7)/t13-,17+,21+;/m1./s1. The van der Waals surface area contributed by atoms with Crippen LogP contribution < -0.4 is 11.1 Å². The van der Waals surface area contributed by atoms with Gasteiger partial charge in [-0.2, -0.15) is 13.2 Å². The van der Waals surface area contributed by atoms with Crippen LogP contribution in [0.4, 0.5) is 13.2 Å². The highest BCUT2D eigenvalue weighted by atomic mass is 35.5. The van der Waals surface area contributed by atoms with E-state index in [0.29, 0.717) is 33.8 Å². The number of amides is 1. The van der Waals surface area contributed by atoms with Crippen molar-refractivity contribution >= 4 is 63.6 Å². The van der Waals surface area contributed by atoms with E-state index in [1.807, 2.05) is 13.8 Å². The number of rotatable bonds is 12. The van der Waals surface area contributed by atoms with Crippen LogP contribution in [0.2, 0.25) is 0 Å². The first kappa shape index (κ1) is 35.3. The summed E-state index contributed by atoms with van der Waals surface area (Å²) in [6, 6.07) is -0.773. The number of nitrogens with one attached hydrogen (secondary N) is 1. The normalized spacial score (nSPS) is 18.5. The molecular formula is C23H30ClF3N4O7S2. The maximum absolute atomic E-state index is 12.5. The van der Waals surface area contributed by atoms with Crippen LogP contribution in [0.25, 0.3) is 0 Å². The molecule has 0 bridgehead atoms. The van der Waals surface area contributed by atoms with Crippen LogP contribution in [0.15, 0.2) is 22.5 Å². The van der Waals surface area contributed by atoms with Gasteiger partial charge in [-0.15, -0.1) is 34.7 Å². The summed E-state index contributed by atoms with van der Waals surface area (Å²) in [5.74, 6) is -3.94. The van der Waals surface area contributed by atoms with E-state index in [-0.39, 0.29) is 24.8 Å². The number of carbonyl (C=O) groups is 4. The van der Waals surface area contributed by atoms with E-state index < -0.39 is 41.8 Å². The summed E-state index contributed by atoms with van der Waals surface area (Å²) in [4.78, 5) is 53.7. The Bertz CT molecular complexity index is 1110. The van der Waals surface area contributed by atoms with E-state index in [2.05, 4.69) is 15.3 Å². The van der Waals surface area contributed by atoms with Gasteiger partial charge in [0.2, 0.25) is 5.91 Å². The van der Waals surface area contributed by atoms with Crippen LogP contribution in [0, 0.1) is 5.92 Å². The number of aliphatic carboxylic acids is 2. The number of nitrogens with two attached hydrogens (primary N) is 1. The highest BCUT2D eigenvalue weighted by molar-refractivity contribution is 8.14. The Morgan fingerprint density at radius 1 is 1.30 bits per heavy atom. The summed E-state index contributed by atoms with van der Waals surface area (Å²) in [6.07, 6.45) is -1.92. The molecule has 0 saturated heterocycles. The Kier molecular flexibility index (Phi) is 14.1. The lowest BCUT2D eigenvalue weighted by molar-refractivity contribution is -0.192. The van der Waals surface area contributed by atoms with Crippen LogP contribution in [-0.4, -0.2) is 79.5 Å². The average molecular weight is 631 g/mol. The number of alkyl halides is 4. The second-order valence-electron chi connectivity index (χ2n) is 8.85. The van der Waals surface area contributed by atoms with E-state index in [1.165, 1.54) is 23.1 Å². The first-order valence-electron chi connectivity index (χ1n) is 11.7. The van der Waals surface area contributed by atoms with Crippen molar-refractivity contribution in [2.75, 3.05) is 11.6 Å². The van der Waals surface area contributed by atoms with Crippen molar-refractivity contribution in [3.63, 3.8) is 0 Å². The lowest BCUT2D eigenvalue weighted by Crippen LogP contribution is -2.39. The van der Waals surface area contributed by atoms with Crippen LogP contribution in [0.1, 0.15) is 44.3 Å². The summed E-state index contributed by atoms with van der Waals surface area (Å²) in [5, 5.41) is 22.2. The number of carboxylic acid groups (broad SMARTS) is 2. The van der Waals surface area contributed by atoms with E-state index in [0.717, 1.165) is 0 Å². The molecule has 1 aliphatic rings. The summed E-state index contributed by atoms with van der Waals surface area (Å²) in [7, 11) is 0. The van der Waals surface area contributed by atoms with Crippen LogP contribution >= 0.6 is 34.7 Å². The number of carboxylic acids is 2. The second kappa shape index (κ2) is 15.9. The molecule has 40 heavy (non-hydrogen) atoms. The first-order valence-corrected chi connectivity index (χ1v) is 14.1. The molecule has 2 rings (SSSR count). The summed E-state index contributed by atoms with van der Waals surface area (Å²) in [5.41, 5.74) is 5.29. The van der Waals surface area contributed by atoms with Crippen molar-refractivity contribution in [1.29, 1.82) is 0 Å². The van der Waals surface area contributed by atoms with Crippen LogP contribution in [0.5, 0.6) is 0 Å². The molecule has 0 saturated carbocycles. The Hall–Kier alpha value is -2.69. The van der Waals surface area contributed by atoms with Gasteiger partial charge in [-0.05, 0) is 25.3 Å². The fourth-order valence-electron chi connectivity index (χ4n) is 2.62. The molecule has 224 valence electrons. The minimum absolute atomic E-state index is 0.0624. The molecule has 0 aromatic carbocycles. The van der Waals surface area contributed by atoms with Crippen molar-refractivity contribution in [2.24, 2.45) is 16.6 Å². The Labute approximate surface area is 241 Å². The third-order valence-electron chi connectivity index (χ3n) is 5.02. The topological polar surface area (TPSA) is 181 Å². The molecule has 3 atom stereocenters. The molecule has 0 aliphatic carbocycles. The molecule has 0 fully saturated rings. The van der Waals surface area contributed by atoms with Gasteiger partial charge in [-0.1, -0.05) is 19.9 Å². The van der Waals surface area contributed by atoms with Crippen molar-refractivity contribution in [3.8, 4) is 0 Å². The quantitative estimate of drug-likeness (QED) is 0.152. The van der Waals surface area contributed by atoms with Crippen LogP contribution in [0.3, 0.4) is 0 Å². The number of aliphatic imine (C=N–C) groups is 1. The molecule has 17 heteroatoms. The molecule has 1 amide bonds. The molecule has 0 spiro atoms. The van der Waals surface area contributed by atoms with Gasteiger partial charge in [0.15, 0.2) is 5.54 Å². The van der Waals surface area contributed by atoms with Gasteiger partial charge >= 0.3 is 24.1 Å². The van der Waals surface area contributed by atoms with Gasteiger partial charge < -0.3 is 26.0 Å². The van der Waals surface area contributed by atoms with Gasteiger partial charge in [0.1, 0.15) is 27.9 Å². The number of thiazole rings is 1. The summed E-state index contributed by atoms with van der Waals surface area (Å²) < 4.78 is 37.2. The molecule has 2 heterocycles. The second-order valence-corrected chi connectivity index (χ2v) is 11.1. The fraction of sp³-hybridized carbons (Fsp3) is 0.565. The number of halogens is 4. The predicted molar refractivity (Wildman–Crippen MR) is 144 cm³/mol. The average Bonchev–Trinajstić information content (AvgIpc) is 3.49. The smallest absolute Gasteiger partial charge is 0.479 e. The Morgan fingerprint density at radius 2 is 1.93 bits per heavy atom. The van der Waals surface area contributed by atoms with Crippen molar-refractivity contribution in [1.82, 2.24) is 10.3 Å². The molecule has 1 aromatic rings. The number of aromatic nitrogens is 1. The molecule has 1 aliphatic heterocycles. The SMILES string of the molecule is CC(C)[C@H](N)C(=O)O[C@H](C=CCCCl)CC(=O)NCc1nc(C2=N[C@](C)(C(=O)O)CS2)cs1.O=C(O)C(F)(F)F. The lowest BCUT2D eigenvalue weighted by Gasteiger charge is -2.19. The maximum atomic E-state index is 12.5. The van der Waals surface area contributed by atoms with Crippen molar-refractivity contribution in [2.45, 2.75) is 64.0 Å². The molecular weight excluding hydrogens is 601 g/mol. The predicted octanol–water partition coefficient (Wildman–Crippen LogP) is 3.20. The molecule has 0 radical (unpaired) electrons. The first-order chi connectivity index (χ1) is 18.5. The molecule has 1 aromatic heterocycles. The zero-order valence-corrected chi connectivity index (χ0v) is 24.1. The Morgan fingerprint density at radius 3 is 2.42 bits per heavy atom. The number of ether oxygens (including phenoxy) is 1. The van der Waals surface area contributed by atoms with E-state index in [1.54, 1.807) is 24.5 Å². The molecule has 11 nitrogen and oxygen atoms in total. The summed E-state index contributed by atoms with van der Waals surface area (Å²) in [6.45, 7) is 5.39. The molecule has 5 N–H and O–H groups in total. The number of esters is 1. The highest BCUT2D eigenvalue weighted by Crippen LogP contribution is 2.31. The zero-order chi connectivity index (χ0) is 30.7. The van der Waals surface area contributed by atoms with Gasteiger partial charge in [0.25, 0.3) is 0 Å². The Balaban J connectivity index is 0.00000101. The number of carbonyl (C=O) groups excluding carboxylic acids is 2. The highest BCUT2D eigenvalue weighted by Gasteiger charge is 2.39. The third kappa shape index (κ3) is 11.8. The monoisotopic (exact) mass is 630 g/mol. The number of hydrogen-bond acceptors (Lipinski definition) is 10. The van der Waals surface area contributed by atoms with Gasteiger partial charge in [-0.25, -0.2) is 14.6 Å². The van der Waals surface area contributed by atoms with Crippen LogP contribution in [-0.2, 0) is 30.5 Å².